The molecule has 1 aromatic carbocycles. The molecule has 0 bridgehead atoms. The number of hydrogen-bond acceptors (Lipinski definition) is 3. The standard InChI is InChI=1S/C14H15BrN2O2/c15-12-5-1-4-11-13(12)16-9-17(14(11)18)7-6-10-3-2-8-19-10/h1,4-5,9-10H,2-3,6-8H2/t10-/m1/s1. The number of benzene rings is 1. The number of hydrogen-bond donors (Lipinski definition) is 0. The number of ether oxygens (including phenoxy) is 1. The van der Waals surface area contributed by atoms with Crippen molar-refractivity contribution < 1.29 is 4.74 Å². The lowest BCUT2D eigenvalue weighted by atomic mass is 10.2. The molecule has 3 rings (SSSR count). The molecule has 4 nitrogen and oxygen atoms in total. The quantitative estimate of drug-likeness (QED) is 0.872. The summed E-state index contributed by atoms with van der Waals surface area (Å²) in [7, 11) is 0. The number of halogens is 1. The van der Waals surface area contributed by atoms with Crippen LogP contribution in [-0.4, -0.2) is 22.3 Å². The first-order valence-corrected chi connectivity index (χ1v) is 7.30. The summed E-state index contributed by atoms with van der Waals surface area (Å²) >= 11 is 3.42. The summed E-state index contributed by atoms with van der Waals surface area (Å²) in [6.45, 7) is 1.52. The van der Waals surface area contributed by atoms with Crippen LogP contribution in [0.25, 0.3) is 10.9 Å². The van der Waals surface area contributed by atoms with Crippen LogP contribution in [0.5, 0.6) is 0 Å². The minimum absolute atomic E-state index is 0.0179. The van der Waals surface area contributed by atoms with Crippen LogP contribution in [0, 0.1) is 0 Å². The van der Waals surface area contributed by atoms with Crippen molar-refractivity contribution in [1.82, 2.24) is 9.55 Å². The lowest BCUT2D eigenvalue weighted by Gasteiger charge is -2.11. The Morgan fingerprint density at radius 1 is 1.47 bits per heavy atom. The van der Waals surface area contributed by atoms with Gasteiger partial charge in [-0.05, 0) is 47.3 Å². The second kappa shape index (κ2) is 5.43. The van der Waals surface area contributed by atoms with E-state index in [1.54, 1.807) is 10.9 Å². The maximum absolute atomic E-state index is 12.3. The maximum Gasteiger partial charge on any atom is 0.261 e. The highest BCUT2D eigenvalue weighted by Gasteiger charge is 2.15. The monoisotopic (exact) mass is 322 g/mol. The third-order valence-corrected chi connectivity index (χ3v) is 4.16. The number of aryl methyl sites for hydroxylation is 1. The molecule has 2 aromatic rings. The molecule has 0 N–H and O–H groups in total. The van der Waals surface area contributed by atoms with Crippen molar-refractivity contribution in [2.24, 2.45) is 0 Å². The number of rotatable bonds is 3. The molecular weight excluding hydrogens is 308 g/mol. The van der Waals surface area contributed by atoms with E-state index in [1.165, 1.54) is 0 Å². The fourth-order valence-corrected chi connectivity index (χ4v) is 2.94. The van der Waals surface area contributed by atoms with Crippen molar-refractivity contribution in [3.63, 3.8) is 0 Å². The van der Waals surface area contributed by atoms with Gasteiger partial charge in [0, 0.05) is 17.6 Å². The molecule has 1 aromatic heterocycles. The van der Waals surface area contributed by atoms with E-state index in [1.807, 2.05) is 18.2 Å². The average molecular weight is 323 g/mol. The van der Waals surface area contributed by atoms with Crippen LogP contribution < -0.4 is 5.56 Å². The number of nitrogens with zero attached hydrogens (tertiary/aromatic N) is 2. The van der Waals surface area contributed by atoms with Crippen LogP contribution in [0.2, 0.25) is 0 Å². The van der Waals surface area contributed by atoms with Gasteiger partial charge in [0.1, 0.15) is 0 Å². The summed E-state index contributed by atoms with van der Waals surface area (Å²) < 4.78 is 8.11. The first kappa shape index (κ1) is 12.8. The van der Waals surface area contributed by atoms with Gasteiger partial charge in [-0.2, -0.15) is 0 Å². The van der Waals surface area contributed by atoms with E-state index in [4.69, 9.17) is 4.74 Å². The zero-order valence-electron chi connectivity index (χ0n) is 10.5. The van der Waals surface area contributed by atoms with Gasteiger partial charge in [0.25, 0.3) is 5.56 Å². The maximum atomic E-state index is 12.3. The molecule has 0 spiro atoms. The Kier molecular flexibility index (Phi) is 3.66. The topological polar surface area (TPSA) is 44.1 Å². The summed E-state index contributed by atoms with van der Waals surface area (Å²) in [5, 5.41) is 0.657. The van der Waals surface area contributed by atoms with Crippen LogP contribution >= 0.6 is 15.9 Å². The Bertz CT molecular complexity index is 647. The first-order valence-electron chi connectivity index (χ1n) is 6.51. The van der Waals surface area contributed by atoms with Gasteiger partial charge in [0.05, 0.1) is 23.3 Å². The van der Waals surface area contributed by atoms with E-state index in [-0.39, 0.29) is 5.56 Å². The molecular formula is C14H15BrN2O2. The van der Waals surface area contributed by atoms with E-state index in [9.17, 15) is 4.79 Å². The predicted octanol–water partition coefficient (Wildman–Crippen LogP) is 2.73. The average Bonchev–Trinajstić information content (AvgIpc) is 2.92. The largest absolute Gasteiger partial charge is 0.378 e. The van der Waals surface area contributed by atoms with Crippen molar-refractivity contribution in [1.29, 1.82) is 0 Å². The molecule has 1 saturated heterocycles. The van der Waals surface area contributed by atoms with Crippen LogP contribution in [0.4, 0.5) is 0 Å². The normalized spacial score (nSPS) is 19.1. The lowest BCUT2D eigenvalue weighted by molar-refractivity contribution is 0.100. The van der Waals surface area contributed by atoms with Crippen molar-refractivity contribution in [2.75, 3.05) is 6.61 Å². The molecule has 19 heavy (non-hydrogen) atoms. The van der Waals surface area contributed by atoms with Gasteiger partial charge in [-0.25, -0.2) is 4.98 Å². The van der Waals surface area contributed by atoms with Gasteiger partial charge in [-0.1, -0.05) is 6.07 Å². The van der Waals surface area contributed by atoms with Gasteiger partial charge >= 0.3 is 0 Å². The Labute approximate surface area is 119 Å². The van der Waals surface area contributed by atoms with Crippen molar-refractivity contribution in [3.05, 3.63) is 39.4 Å². The molecule has 2 heterocycles. The molecule has 1 atom stereocenters. The summed E-state index contributed by atoms with van der Waals surface area (Å²) in [6, 6.07) is 5.57. The Balaban J connectivity index is 1.88. The smallest absolute Gasteiger partial charge is 0.261 e. The molecule has 0 aliphatic carbocycles. The lowest BCUT2D eigenvalue weighted by Crippen LogP contribution is -2.23. The van der Waals surface area contributed by atoms with Gasteiger partial charge in [0.15, 0.2) is 0 Å². The minimum atomic E-state index is 0.0179. The number of para-hydroxylation sites is 1. The van der Waals surface area contributed by atoms with Gasteiger partial charge < -0.3 is 4.74 Å². The molecule has 0 saturated carbocycles. The molecule has 1 aliphatic rings. The van der Waals surface area contributed by atoms with E-state index < -0.39 is 0 Å². The zero-order chi connectivity index (χ0) is 13.2. The molecule has 5 heteroatoms. The van der Waals surface area contributed by atoms with Crippen molar-refractivity contribution >= 4 is 26.8 Å². The Morgan fingerprint density at radius 2 is 2.37 bits per heavy atom. The number of aromatic nitrogens is 2. The first-order chi connectivity index (χ1) is 9.25. The highest BCUT2D eigenvalue weighted by Crippen LogP contribution is 2.19. The molecule has 0 radical (unpaired) electrons. The van der Waals surface area contributed by atoms with Crippen molar-refractivity contribution in [3.8, 4) is 0 Å². The summed E-state index contributed by atoms with van der Waals surface area (Å²) in [5.74, 6) is 0. The van der Waals surface area contributed by atoms with Crippen LogP contribution in [-0.2, 0) is 11.3 Å². The van der Waals surface area contributed by atoms with E-state index >= 15 is 0 Å². The molecule has 0 unspecified atom stereocenters. The number of fused-ring (bicyclic) bond motifs is 1. The predicted molar refractivity (Wildman–Crippen MR) is 77.3 cm³/mol. The second-order valence-electron chi connectivity index (χ2n) is 4.80. The second-order valence-corrected chi connectivity index (χ2v) is 5.66. The SMILES string of the molecule is O=c1c2cccc(Br)c2ncn1CC[C@H]1CCCO1. The van der Waals surface area contributed by atoms with Crippen LogP contribution in [0.15, 0.2) is 33.8 Å². The molecule has 100 valence electrons. The molecule has 1 aliphatic heterocycles. The van der Waals surface area contributed by atoms with Crippen molar-refractivity contribution in [2.45, 2.75) is 31.9 Å². The van der Waals surface area contributed by atoms with Gasteiger partial charge in [-0.15, -0.1) is 0 Å². The third-order valence-electron chi connectivity index (χ3n) is 3.52. The third kappa shape index (κ3) is 2.58. The van der Waals surface area contributed by atoms with Crippen LogP contribution in [0.3, 0.4) is 0 Å². The fraction of sp³-hybridized carbons (Fsp3) is 0.429. The van der Waals surface area contributed by atoms with E-state index in [0.717, 1.165) is 35.9 Å². The molecule has 0 amide bonds. The highest BCUT2D eigenvalue weighted by atomic mass is 79.9. The molecule has 1 fully saturated rings. The van der Waals surface area contributed by atoms with Gasteiger partial charge in [0.2, 0.25) is 0 Å². The van der Waals surface area contributed by atoms with E-state index in [2.05, 4.69) is 20.9 Å². The Morgan fingerprint density at radius 3 is 3.16 bits per heavy atom. The summed E-state index contributed by atoms with van der Waals surface area (Å²) in [5.41, 5.74) is 0.741. The minimum Gasteiger partial charge on any atom is -0.378 e. The Hall–Kier alpha value is -1.20. The highest BCUT2D eigenvalue weighted by molar-refractivity contribution is 9.10. The zero-order valence-corrected chi connectivity index (χ0v) is 12.1. The van der Waals surface area contributed by atoms with Gasteiger partial charge in [-0.3, -0.25) is 9.36 Å². The van der Waals surface area contributed by atoms with Crippen LogP contribution in [0.1, 0.15) is 19.3 Å². The summed E-state index contributed by atoms with van der Waals surface area (Å²) in [6.07, 6.45) is 5.03. The van der Waals surface area contributed by atoms with E-state index in [0.29, 0.717) is 18.0 Å². The summed E-state index contributed by atoms with van der Waals surface area (Å²) in [4.78, 5) is 16.7. The fourth-order valence-electron chi connectivity index (χ4n) is 2.47.